The second-order valence-corrected chi connectivity index (χ2v) is 5.01. The van der Waals surface area contributed by atoms with Gasteiger partial charge in [0.25, 0.3) is 0 Å². The van der Waals surface area contributed by atoms with Gasteiger partial charge in [-0.2, -0.15) is 0 Å². The highest BCUT2D eigenvalue weighted by molar-refractivity contribution is 5.87. The third-order valence-corrected chi connectivity index (χ3v) is 3.66. The van der Waals surface area contributed by atoms with E-state index in [1.807, 2.05) is 6.08 Å². The second kappa shape index (κ2) is 7.49. The van der Waals surface area contributed by atoms with Gasteiger partial charge in [-0.3, -0.25) is 0 Å². The predicted molar refractivity (Wildman–Crippen MR) is 69.8 cm³/mol. The lowest BCUT2D eigenvalue weighted by Crippen LogP contribution is -2.34. The summed E-state index contributed by atoms with van der Waals surface area (Å²) in [5.74, 6) is 0.505. The Balaban J connectivity index is 2.36. The van der Waals surface area contributed by atoms with Gasteiger partial charge in [0.1, 0.15) is 0 Å². The first-order chi connectivity index (χ1) is 8.15. The van der Waals surface area contributed by atoms with Crippen molar-refractivity contribution in [1.29, 1.82) is 0 Å². The molecule has 0 heterocycles. The van der Waals surface area contributed by atoms with Gasteiger partial charge in [-0.05, 0) is 25.7 Å². The summed E-state index contributed by atoms with van der Waals surface area (Å²) in [6.07, 6.45) is 8.53. The predicted octanol–water partition coefficient (Wildman–Crippen LogP) is 2.66. The Labute approximate surface area is 105 Å². The zero-order chi connectivity index (χ0) is 12.7. The lowest BCUT2D eigenvalue weighted by molar-refractivity contribution is -0.136. The molecule has 0 aromatic carbocycles. The van der Waals surface area contributed by atoms with E-state index in [1.54, 1.807) is 6.92 Å². The molecule has 17 heavy (non-hydrogen) atoms. The Hall–Kier alpha value is -0.830. The zero-order valence-corrected chi connectivity index (χ0v) is 11.3. The maximum Gasteiger partial charge on any atom is 0.333 e. The topological polar surface area (TPSA) is 38.3 Å². The van der Waals surface area contributed by atoms with Crippen LogP contribution < -0.4 is 5.32 Å². The van der Waals surface area contributed by atoms with Crippen LogP contribution in [0.3, 0.4) is 0 Å². The van der Waals surface area contributed by atoms with Gasteiger partial charge in [0.2, 0.25) is 0 Å². The van der Waals surface area contributed by atoms with Gasteiger partial charge in [0.15, 0.2) is 0 Å². The van der Waals surface area contributed by atoms with Crippen LogP contribution in [-0.4, -0.2) is 25.7 Å². The Kier molecular flexibility index (Phi) is 6.27. The monoisotopic (exact) mass is 239 g/mol. The van der Waals surface area contributed by atoms with Crippen molar-refractivity contribution in [2.45, 2.75) is 52.0 Å². The molecule has 1 saturated carbocycles. The summed E-state index contributed by atoms with van der Waals surface area (Å²) in [5.41, 5.74) is 0.682. The van der Waals surface area contributed by atoms with Crippen LogP contribution in [0.2, 0.25) is 0 Å². The molecular weight excluding hydrogens is 214 g/mol. The maximum absolute atomic E-state index is 11.2. The molecule has 0 radical (unpaired) electrons. The van der Waals surface area contributed by atoms with Crippen molar-refractivity contribution in [2.24, 2.45) is 5.92 Å². The van der Waals surface area contributed by atoms with Crippen LogP contribution in [0.4, 0.5) is 0 Å². The van der Waals surface area contributed by atoms with Gasteiger partial charge in [-0.15, -0.1) is 0 Å². The molecule has 1 rings (SSSR count). The Morgan fingerprint density at radius 3 is 2.76 bits per heavy atom. The SMILES string of the molecule is COC(=O)C(C)=CCNC1CCCCCC1C. The summed E-state index contributed by atoms with van der Waals surface area (Å²) >= 11 is 0. The average molecular weight is 239 g/mol. The number of hydrogen-bond acceptors (Lipinski definition) is 3. The molecule has 3 heteroatoms. The van der Waals surface area contributed by atoms with E-state index in [1.165, 1.54) is 39.2 Å². The highest BCUT2D eigenvalue weighted by Gasteiger charge is 2.18. The van der Waals surface area contributed by atoms with E-state index in [4.69, 9.17) is 0 Å². The molecule has 1 aliphatic carbocycles. The van der Waals surface area contributed by atoms with E-state index in [2.05, 4.69) is 17.0 Å². The standard InChI is InChI=1S/C14H25NO2/c1-11-7-5-4-6-8-13(11)15-10-9-12(2)14(16)17-3/h9,11,13,15H,4-8,10H2,1-3H3. The molecule has 3 nitrogen and oxygen atoms in total. The summed E-state index contributed by atoms with van der Waals surface area (Å²) < 4.78 is 4.66. The second-order valence-electron chi connectivity index (χ2n) is 5.01. The smallest absolute Gasteiger partial charge is 0.333 e. The molecular formula is C14H25NO2. The highest BCUT2D eigenvalue weighted by atomic mass is 16.5. The third-order valence-electron chi connectivity index (χ3n) is 3.66. The Morgan fingerprint density at radius 2 is 2.06 bits per heavy atom. The number of nitrogens with one attached hydrogen (secondary N) is 1. The summed E-state index contributed by atoms with van der Waals surface area (Å²) in [7, 11) is 1.42. The molecule has 1 fully saturated rings. The number of ether oxygens (including phenoxy) is 1. The minimum Gasteiger partial charge on any atom is -0.466 e. The first kappa shape index (κ1) is 14.2. The summed E-state index contributed by atoms with van der Waals surface area (Å²) in [4.78, 5) is 11.2. The molecule has 1 N–H and O–H groups in total. The Morgan fingerprint density at radius 1 is 1.35 bits per heavy atom. The third kappa shape index (κ3) is 4.90. The normalized spacial score (nSPS) is 26.4. The zero-order valence-electron chi connectivity index (χ0n) is 11.3. The van der Waals surface area contributed by atoms with Gasteiger partial charge in [-0.1, -0.05) is 32.3 Å². The maximum atomic E-state index is 11.2. The summed E-state index contributed by atoms with van der Waals surface area (Å²) in [6.45, 7) is 4.87. The molecule has 0 aromatic heterocycles. The summed E-state index contributed by atoms with van der Waals surface area (Å²) in [5, 5.41) is 3.54. The molecule has 0 saturated heterocycles. The van der Waals surface area contributed by atoms with Crippen LogP contribution in [0, 0.1) is 5.92 Å². The molecule has 2 atom stereocenters. The van der Waals surface area contributed by atoms with E-state index in [0.717, 1.165) is 12.5 Å². The van der Waals surface area contributed by atoms with Gasteiger partial charge in [0.05, 0.1) is 7.11 Å². The minimum absolute atomic E-state index is 0.235. The summed E-state index contributed by atoms with van der Waals surface area (Å²) in [6, 6.07) is 0.596. The van der Waals surface area contributed by atoms with Crippen LogP contribution in [0.5, 0.6) is 0 Å². The first-order valence-corrected chi connectivity index (χ1v) is 6.63. The molecule has 0 aromatic rings. The average Bonchev–Trinajstić information content (AvgIpc) is 2.53. The lowest BCUT2D eigenvalue weighted by atomic mass is 9.97. The molecule has 1 aliphatic rings. The molecule has 0 bridgehead atoms. The number of rotatable bonds is 4. The van der Waals surface area contributed by atoms with E-state index in [9.17, 15) is 4.79 Å². The van der Waals surface area contributed by atoms with Crippen molar-refractivity contribution in [3.8, 4) is 0 Å². The van der Waals surface area contributed by atoms with Crippen molar-refractivity contribution in [3.63, 3.8) is 0 Å². The fourth-order valence-corrected chi connectivity index (χ4v) is 2.40. The van der Waals surface area contributed by atoms with Gasteiger partial charge >= 0.3 is 5.97 Å². The number of hydrogen-bond donors (Lipinski definition) is 1. The van der Waals surface area contributed by atoms with Crippen LogP contribution in [0.25, 0.3) is 0 Å². The van der Waals surface area contributed by atoms with Crippen molar-refractivity contribution in [1.82, 2.24) is 5.32 Å². The van der Waals surface area contributed by atoms with E-state index in [-0.39, 0.29) is 5.97 Å². The van der Waals surface area contributed by atoms with Crippen LogP contribution in [-0.2, 0) is 9.53 Å². The largest absolute Gasteiger partial charge is 0.466 e. The fourth-order valence-electron chi connectivity index (χ4n) is 2.40. The van der Waals surface area contributed by atoms with Crippen LogP contribution >= 0.6 is 0 Å². The van der Waals surface area contributed by atoms with Crippen molar-refractivity contribution in [2.75, 3.05) is 13.7 Å². The Bertz CT molecular complexity index is 273. The molecule has 0 aliphatic heterocycles. The number of methoxy groups -OCH3 is 1. The van der Waals surface area contributed by atoms with Crippen LogP contribution in [0.15, 0.2) is 11.6 Å². The van der Waals surface area contributed by atoms with E-state index in [0.29, 0.717) is 11.6 Å². The number of carbonyl (C=O) groups is 1. The van der Waals surface area contributed by atoms with E-state index >= 15 is 0 Å². The van der Waals surface area contributed by atoms with Crippen LogP contribution in [0.1, 0.15) is 46.0 Å². The van der Waals surface area contributed by atoms with Gasteiger partial charge in [-0.25, -0.2) is 4.79 Å². The fraction of sp³-hybridized carbons (Fsp3) is 0.786. The minimum atomic E-state index is -0.235. The highest BCUT2D eigenvalue weighted by Crippen LogP contribution is 2.22. The number of carbonyl (C=O) groups excluding carboxylic acids is 1. The molecule has 0 spiro atoms. The van der Waals surface area contributed by atoms with Gasteiger partial charge in [0, 0.05) is 18.2 Å². The van der Waals surface area contributed by atoms with E-state index < -0.39 is 0 Å². The number of esters is 1. The molecule has 2 unspecified atom stereocenters. The molecule has 98 valence electrons. The lowest BCUT2D eigenvalue weighted by Gasteiger charge is -2.22. The van der Waals surface area contributed by atoms with Crippen molar-refractivity contribution in [3.05, 3.63) is 11.6 Å². The van der Waals surface area contributed by atoms with Crippen molar-refractivity contribution >= 4 is 5.97 Å². The molecule has 0 amide bonds. The van der Waals surface area contributed by atoms with Gasteiger partial charge < -0.3 is 10.1 Å². The quantitative estimate of drug-likeness (QED) is 0.465. The first-order valence-electron chi connectivity index (χ1n) is 6.63. The van der Waals surface area contributed by atoms with Crippen molar-refractivity contribution < 1.29 is 9.53 Å².